The smallest absolute Gasteiger partial charge is 0.257 e. The van der Waals surface area contributed by atoms with Crippen molar-refractivity contribution in [2.45, 2.75) is 56.9 Å². The van der Waals surface area contributed by atoms with E-state index in [2.05, 4.69) is 15.5 Å². The molecule has 1 amide bonds. The number of rotatable bonds is 9. The number of carbonyl (C=O) groups is 1. The van der Waals surface area contributed by atoms with Gasteiger partial charge in [0.2, 0.25) is 0 Å². The molecule has 3 N–H and O–H groups in total. The molecule has 3 aliphatic rings. The molecule has 2 aliphatic heterocycles. The zero-order valence-corrected chi connectivity index (χ0v) is 23.7. The maximum atomic E-state index is 15.3. The molecule has 39 heavy (non-hydrogen) atoms. The van der Waals surface area contributed by atoms with E-state index in [-0.39, 0.29) is 28.6 Å². The van der Waals surface area contributed by atoms with Crippen molar-refractivity contribution >= 4 is 32.8 Å². The Hall–Kier alpha value is -2.69. The summed E-state index contributed by atoms with van der Waals surface area (Å²) in [6.45, 7) is 7.45. The van der Waals surface area contributed by atoms with Crippen LogP contribution in [-0.4, -0.2) is 63.6 Å². The van der Waals surface area contributed by atoms with Crippen LogP contribution in [0.3, 0.4) is 0 Å². The molecular formula is C29H38FN3O5S. The van der Waals surface area contributed by atoms with Crippen LogP contribution in [0.15, 0.2) is 41.3 Å². The maximum absolute atomic E-state index is 15.3. The monoisotopic (exact) mass is 559 g/mol. The number of amides is 1. The molecule has 10 heteroatoms. The molecule has 2 saturated heterocycles. The second-order valence-corrected chi connectivity index (χ2v) is 14.5. The van der Waals surface area contributed by atoms with E-state index in [0.717, 1.165) is 25.9 Å². The first-order valence-electron chi connectivity index (χ1n) is 13.5. The van der Waals surface area contributed by atoms with Gasteiger partial charge in [-0.3, -0.25) is 4.79 Å². The van der Waals surface area contributed by atoms with Gasteiger partial charge in [-0.25, -0.2) is 12.8 Å². The summed E-state index contributed by atoms with van der Waals surface area (Å²) in [7, 11) is -3.61. The lowest BCUT2D eigenvalue weighted by Gasteiger charge is -2.38. The fourth-order valence-electron chi connectivity index (χ4n) is 5.45. The second kappa shape index (κ2) is 10.1. The lowest BCUT2D eigenvalue weighted by molar-refractivity contribution is -0.0870. The number of hydrogen-bond acceptors (Lipinski definition) is 7. The minimum Gasteiger partial charge on any atom is -0.394 e. The summed E-state index contributed by atoms with van der Waals surface area (Å²) in [5.74, 6) is -1.18. The maximum Gasteiger partial charge on any atom is 0.257 e. The van der Waals surface area contributed by atoms with Gasteiger partial charge in [0.15, 0.2) is 15.7 Å². The zero-order valence-electron chi connectivity index (χ0n) is 22.8. The second-order valence-electron chi connectivity index (χ2n) is 12.5. The van der Waals surface area contributed by atoms with Gasteiger partial charge in [-0.15, -0.1) is 0 Å². The first-order chi connectivity index (χ1) is 18.3. The third-order valence-corrected chi connectivity index (χ3v) is 10.3. The highest BCUT2D eigenvalue weighted by atomic mass is 32.2. The van der Waals surface area contributed by atoms with Crippen LogP contribution in [0.5, 0.6) is 0 Å². The Morgan fingerprint density at radius 3 is 2.36 bits per heavy atom. The molecule has 0 unspecified atom stereocenters. The van der Waals surface area contributed by atoms with Crippen LogP contribution in [0, 0.1) is 16.6 Å². The molecule has 0 atom stereocenters. The summed E-state index contributed by atoms with van der Waals surface area (Å²) < 4.78 is 47.2. The number of ether oxygens (including phenoxy) is 1. The zero-order chi connectivity index (χ0) is 28.1. The average Bonchev–Trinajstić information content (AvgIpc) is 3.63. The fraction of sp³-hybridized carbons (Fsp3) is 0.552. The SMILES string of the molecule is CC1(CS(=O)(=O)c2ccc(C(=O)Nc3cccc(NC(C)(C)CO)c3F)c(N3CCC4(CC3)CC4)c2)COC1. The third-order valence-electron chi connectivity index (χ3n) is 8.25. The quantitative estimate of drug-likeness (QED) is 0.417. The van der Waals surface area contributed by atoms with E-state index in [9.17, 15) is 18.3 Å². The minimum atomic E-state index is -3.61. The van der Waals surface area contributed by atoms with Crippen molar-refractivity contribution in [1.29, 1.82) is 0 Å². The molecule has 2 aromatic carbocycles. The number of piperidine rings is 1. The lowest BCUT2D eigenvalue weighted by atomic mass is 9.92. The molecule has 8 nitrogen and oxygen atoms in total. The summed E-state index contributed by atoms with van der Waals surface area (Å²) in [5.41, 5.74) is 0.235. The molecule has 3 fully saturated rings. The Balaban J connectivity index is 1.44. The Morgan fingerprint density at radius 2 is 1.77 bits per heavy atom. The Labute approximate surface area is 229 Å². The van der Waals surface area contributed by atoms with Crippen LogP contribution in [0.4, 0.5) is 21.5 Å². The Kier molecular flexibility index (Phi) is 7.18. The molecule has 2 aromatic rings. The first-order valence-corrected chi connectivity index (χ1v) is 15.2. The number of sulfone groups is 1. The van der Waals surface area contributed by atoms with Gasteiger partial charge in [-0.05, 0) is 75.3 Å². The number of hydrogen-bond donors (Lipinski definition) is 3. The predicted molar refractivity (Wildman–Crippen MR) is 150 cm³/mol. The predicted octanol–water partition coefficient (Wildman–Crippen LogP) is 4.45. The van der Waals surface area contributed by atoms with Gasteiger partial charge in [0.05, 0.1) is 58.6 Å². The van der Waals surface area contributed by atoms with E-state index in [4.69, 9.17) is 4.74 Å². The van der Waals surface area contributed by atoms with Gasteiger partial charge in [0, 0.05) is 18.5 Å². The number of anilines is 3. The van der Waals surface area contributed by atoms with Crippen molar-refractivity contribution in [3.8, 4) is 0 Å². The van der Waals surface area contributed by atoms with Crippen LogP contribution in [0.2, 0.25) is 0 Å². The molecule has 0 aromatic heterocycles. The van der Waals surface area contributed by atoms with E-state index in [1.54, 1.807) is 32.0 Å². The molecule has 1 saturated carbocycles. The van der Waals surface area contributed by atoms with E-state index >= 15 is 4.39 Å². The molecule has 0 radical (unpaired) electrons. The minimum absolute atomic E-state index is 0.00475. The van der Waals surface area contributed by atoms with E-state index in [0.29, 0.717) is 29.9 Å². The number of benzene rings is 2. The lowest BCUT2D eigenvalue weighted by Crippen LogP contribution is -2.45. The van der Waals surface area contributed by atoms with Crippen LogP contribution >= 0.6 is 0 Å². The summed E-state index contributed by atoms with van der Waals surface area (Å²) in [5, 5.41) is 15.2. The molecule has 5 rings (SSSR count). The summed E-state index contributed by atoms with van der Waals surface area (Å²) >= 11 is 0. The van der Waals surface area contributed by atoms with Crippen molar-refractivity contribution < 1.29 is 27.4 Å². The highest BCUT2D eigenvalue weighted by Gasteiger charge is 2.45. The highest BCUT2D eigenvalue weighted by molar-refractivity contribution is 7.91. The van der Waals surface area contributed by atoms with Crippen molar-refractivity contribution in [2.24, 2.45) is 10.8 Å². The molecule has 2 heterocycles. The highest BCUT2D eigenvalue weighted by Crippen LogP contribution is 2.54. The molecule has 1 aliphatic carbocycles. The summed E-state index contributed by atoms with van der Waals surface area (Å²) in [6, 6.07) is 9.25. The third kappa shape index (κ3) is 5.93. The molecule has 0 bridgehead atoms. The van der Waals surface area contributed by atoms with Crippen LogP contribution in [0.1, 0.15) is 56.8 Å². The number of aliphatic hydroxyl groups excluding tert-OH is 1. The standard InChI is InChI=1S/C29H38FN3O5S/c1-27(2,16-34)32-23-6-4-5-22(25(23)30)31-26(35)21-8-7-20(39(36,37)19-28(3)17-38-18-28)15-24(21)33-13-11-29(9-10-29)12-14-33/h4-8,15,32,34H,9-14,16-19H2,1-3H3,(H,31,35). The van der Waals surface area contributed by atoms with Crippen LogP contribution < -0.4 is 15.5 Å². The topological polar surface area (TPSA) is 108 Å². The number of nitrogens with zero attached hydrogens (tertiary/aromatic N) is 1. The van der Waals surface area contributed by atoms with Gasteiger partial charge in [-0.2, -0.15) is 0 Å². The van der Waals surface area contributed by atoms with E-state index in [1.165, 1.54) is 31.0 Å². The molecule has 1 spiro atoms. The number of carbonyl (C=O) groups excluding carboxylic acids is 1. The van der Waals surface area contributed by atoms with Crippen molar-refractivity contribution in [2.75, 3.05) is 54.2 Å². The van der Waals surface area contributed by atoms with Gasteiger partial charge in [-0.1, -0.05) is 13.0 Å². The fourth-order valence-corrected chi connectivity index (χ4v) is 7.27. The largest absolute Gasteiger partial charge is 0.394 e. The normalized spacial score (nSPS) is 19.9. The average molecular weight is 560 g/mol. The van der Waals surface area contributed by atoms with Gasteiger partial charge < -0.3 is 25.4 Å². The van der Waals surface area contributed by atoms with Crippen molar-refractivity contribution in [3.63, 3.8) is 0 Å². The first kappa shape index (κ1) is 27.9. The molecule has 212 valence electrons. The number of aliphatic hydroxyl groups is 1. The van der Waals surface area contributed by atoms with Crippen molar-refractivity contribution in [3.05, 3.63) is 47.8 Å². The molecular weight excluding hydrogens is 521 g/mol. The van der Waals surface area contributed by atoms with E-state index < -0.39 is 32.5 Å². The Bertz CT molecular complexity index is 1360. The van der Waals surface area contributed by atoms with Gasteiger partial charge in [0.25, 0.3) is 5.91 Å². The Morgan fingerprint density at radius 1 is 1.10 bits per heavy atom. The van der Waals surface area contributed by atoms with Crippen LogP contribution in [-0.2, 0) is 14.6 Å². The summed E-state index contributed by atoms with van der Waals surface area (Å²) in [6.07, 6.45) is 4.45. The van der Waals surface area contributed by atoms with Gasteiger partial charge >= 0.3 is 0 Å². The van der Waals surface area contributed by atoms with E-state index in [1.807, 2.05) is 6.92 Å². The van der Waals surface area contributed by atoms with Crippen molar-refractivity contribution in [1.82, 2.24) is 0 Å². The van der Waals surface area contributed by atoms with Gasteiger partial charge in [0.1, 0.15) is 0 Å². The van der Waals surface area contributed by atoms with Crippen LogP contribution in [0.25, 0.3) is 0 Å². The number of nitrogens with one attached hydrogen (secondary N) is 2. The summed E-state index contributed by atoms with van der Waals surface area (Å²) in [4.78, 5) is 15.8. The number of halogens is 1.